The summed E-state index contributed by atoms with van der Waals surface area (Å²) in [6.45, 7) is 6.01. The van der Waals surface area contributed by atoms with Gasteiger partial charge >= 0.3 is 0 Å². The van der Waals surface area contributed by atoms with Crippen LogP contribution in [-0.2, 0) is 0 Å². The average Bonchev–Trinajstić information content (AvgIpc) is 2.29. The first-order valence-corrected chi connectivity index (χ1v) is 5.33. The van der Waals surface area contributed by atoms with Crippen LogP contribution in [0.1, 0.15) is 30.7 Å². The Kier molecular flexibility index (Phi) is 4.52. The summed E-state index contributed by atoms with van der Waals surface area (Å²) in [5, 5.41) is 0. The summed E-state index contributed by atoms with van der Waals surface area (Å²) in [5.41, 5.74) is 9.71. The summed E-state index contributed by atoms with van der Waals surface area (Å²) >= 11 is 0. The van der Waals surface area contributed by atoms with E-state index in [4.69, 9.17) is 5.73 Å². The third kappa shape index (κ3) is 3.39. The van der Waals surface area contributed by atoms with Crippen LogP contribution in [0.3, 0.4) is 0 Å². The fourth-order valence-electron chi connectivity index (χ4n) is 1.31. The van der Waals surface area contributed by atoms with Gasteiger partial charge in [0.1, 0.15) is 0 Å². The van der Waals surface area contributed by atoms with Gasteiger partial charge < -0.3 is 5.73 Å². The van der Waals surface area contributed by atoms with Gasteiger partial charge in [-0.05, 0) is 55.8 Å². The van der Waals surface area contributed by atoms with Gasteiger partial charge in [0, 0.05) is 6.20 Å². The van der Waals surface area contributed by atoms with Gasteiger partial charge in [0.25, 0.3) is 0 Å². The van der Waals surface area contributed by atoms with Gasteiger partial charge in [0.2, 0.25) is 0 Å². The van der Waals surface area contributed by atoms with Crippen LogP contribution in [0.25, 0.3) is 12.2 Å². The summed E-state index contributed by atoms with van der Waals surface area (Å²) in [5.74, 6) is 0. The molecule has 0 aliphatic rings. The minimum Gasteiger partial charge on any atom is -0.404 e. The maximum Gasteiger partial charge on any atom is 0.0655 e. The molecule has 0 aliphatic carbocycles. The Labute approximate surface area is 97.2 Å². The molecule has 1 aromatic heterocycles. The lowest BCUT2D eigenvalue weighted by Gasteiger charge is -2.00. The molecule has 0 bridgehead atoms. The van der Waals surface area contributed by atoms with E-state index in [1.165, 1.54) is 5.56 Å². The molecule has 2 heteroatoms. The lowest BCUT2D eigenvalue weighted by Crippen LogP contribution is -1.88. The second-order valence-electron chi connectivity index (χ2n) is 3.71. The molecule has 0 radical (unpaired) electrons. The fraction of sp³-hybridized carbons (Fsp3) is 0.214. The molecule has 2 N–H and O–H groups in total. The van der Waals surface area contributed by atoms with Crippen molar-refractivity contribution in [2.75, 3.05) is 0 Å². The van der Waals surface area contributed by atoms with Gasteiger partial charge in [-0.25, -0.2) is 0 Å². The van der Waals surface area contributed by atoms with E-state index in [0.717, 1.165) is 16.8 Å². The standard InChI is InChI=1S/C14H18N2/c1-4-5-14-12(3)8-13(10-16-14)7-6-11(2)9-15/h4-10H,15H2,1-3H3/b5-4-,7-6+,11-9-. The summed E-state index contributed by atoms with van der Waals surface area (Å²) < 4.78 is 0. The largest absolute Gasteiger partial charge is 0.404 e. The molecule has 0 saturated heterocycles. The van der Waals surface area contributed by atoms with Crippen LogP contribution in [0.4, 0.5) is 0 Å². The van der Waals surface area contributed by atoms with Crippen molar-refractivity contribution in [3.8, 4) is 0 Å². The van der Waals surface area contributed by atoms with Crippen molar-refractivity contribution in [3.05, 3.63) is 53.0 Å². The molecule has 84 valence electrons. The highest BCUT2D eigenvalue weighted by Gasteiger charge is 1.96. The van der Waals surface area contributed by atoms with Crippen LogP contribution in [0.15, 0.2) is 36.2 Å². The van der Waals surface area contributed by atoms with Gasteiger partial charge in [-0.15, -0.1) is 0 Å². The van der Waals surface area contributed by atoms with Gasteiger partial charge in [-0.1, -0.05) is 18.2 Å². The van der Waals surface area contributed by atoms with Gasteiger partial charge in [-0.2, -0.15) is 0 Å². The first-order valence-electron chi connectivity index (χ1n) is 5.33. The molecule has 1 rings (SSSR count). The number of nitrogens with two attached hydrogens (primary N) is 1. The van der Waals surface area contributed by atoms with E-state index in [9.17, 15) is 0 Å². The van der Waals surface area contributed by atoms with Crippen molar-refractivity contribution < 1.29 is 0 Å². The molecule has 0 amide bonds. The Balaban J connectivity index is 2.93. The van der Waals surface area contributed by atoms with Crippen LogP contribution >= 0.6 is 0 Å². The molecule has 0 saturated carbocycles. The van der Waals surface area contributed by atoms with E-state index in [1.807, 2.05) is 44.3 Å². The molecule has 1 aromatic rings. The first kappa shape index (κ1) is 12.2. The van der Waals surface area contributed by atoms with Crippen molar-refractivity contribution in [1.29, 1.82) is 0 Å². The number of rotatable bonds is 3. The van der Waals surface area contributed by atoms with Crippen LogP contribution in [-0.4, -0.2) is 4.98 Å². The summed E-state index contributed by atoms with van der Waals surface area (Å²) in [6, 6.07) is 2.11. The van der Waals surface area contributed by atoms with Crippen molar-refractivity contribution in [1.82, 2.24) is 4.98 Å². The van der Waals surface area contributed by atoms with E-state index in [-0.39, 0.29) is 0 Å². The number of aromatic nitrogens is 1. The highest BCUT2D eigenvalue weighted by atomic mass is 14.7. The van der Waals surface area contributed by atoms with Gasteiger partial charge in [0.15, 0.2) is 0 Å². The van der Waals surface area contributed by atoms with Crippen LogP contribution in [0.5, 0.6) is 0 Å². The SMILES string of the molecule is C/C=C\c1ncc(/C=C/C(C)=C\N)cc1C. The zero-order chi connectivity index (χ0) is 12.0. The molecular weight excluding hydrogens is 196 g/mol. The van der Waals surface area contributed by atoms with E-state index in [2.05, 4.69) is 18.0 Å². The lowest BCUT2D eigenvalue weighted by atomic mass is 10.1. The zero-order valence-electron chi connectivity index (χ0n) is 10.1. The first-order chi connectivity index (χ1) is 7.67. The van der Waals surface area contributed by atoms with Crippen molar-refractivity contribution >= 4 is 12.2 Å². The van der Waals surface area contributed by atoms with E-state index in [1.54, 1.807) is 6.20 Å². The van der Waals surface area contributed by atoms with Crippen LogP contribution < -0.4 is 5.73 Å². The van der Waals surface area contributed by atoms with Gasteiger partial charge in [-0.3, -0.25) is 4.98 Å². The monoisotopic (exact) mass is 214 g/mol. The highest BCUT2D eigenvalue weighted by molar-refractivity contribution is 5.56. The smallest absolute Gasteiger partial charge is 0.0655 e. The zero-order valence-corrected chi connectivity index (χ0v) is 10.1. The van der Waals surface area contributed by atoms with Crippen molar-refractivity contribution in [2.24, 2.45) is 5.73 Å². The Hall–Kier alpha value is -1.83. The minimum atomic E-state index is 1.02. The van der Waals surface area contributed by atoms with E-state index < -0.39 is 0 Å². The summed E-state index contributed by atoms with van der Waals surface area (Å²) in [7, 11) is 0. The molecule has 0 unspecified atom stereocenters. The molecule has 16 heavy (non-hydrogen) atoms. The maximum absolute atomic E-state index is 5.39. The lowest BCUT2D eigenvalue weighted by molar-refractivity contribution is 1.22. The molecule has 1 heterocycles. The number of nitrogens with zero attached hydrogens (tertiary/aromatic N) is 1. The number of pyridine rings is 1. The van der Waals surface area contributed by atoms with Crippen LogP contribution in [0, 0.1) is 6.92 Å². The third-order valence-electron chi connectivity index (χ3n) is 2.27. The predicted molar refractivity (Wildman–Crippen MR) is 70.7 cm³/mol. The molecule has 0 aliphatic heterocycles. The number of hydrogen-bond acceptors (Lipinski definition) is 2. The second-order valence-corrected chi connectivity index (χ2v) is 3.71. The van der Waals surface area contributed by atoms with Crippen molar-refractivity contribution in [2.45, 2.75) is 20.8 Å². The van der Waals surface area contributed by atoms with Crippen LogP contribution in [0.2, 0.25) is 0 Å². The third-order valence-corrected chi connectivity index (χ3v) is 2.27. The van der Waals surface area contributed by atoms with E-state index >= 15 is 0 Å². The quantitative estimate of drug-likeness (QED) is 0.784. The van der Waals surface area contributed by atoms with Gasteiger partial charge in [0.05, 0.1) is 5.69 Å². The Morgan fingerprint density at radius 1 is 1.38 bits per heavy atom. The summed E-state index contributed by atoms with van der Waals surface area (Å²) in [4.78, 5) is 4.38. The number of hydrogen-bond donors (Lipinski definition) is 1. The molecule has 0 aromatic carbocycles. The predicted octanol–water partition coefficient (Wildman–Crippen LogP) is 3.30. The molecule has 0 atom stereocenters. The molecule has 0 spiro atoms. The molecule has 0 fully saturated rings. The Bertz CT molecular complexity index is 440. The Morgan fingerprint density at radius 3 is 2.69 bits per heavy atom. The van der Waals surface area contributed by atoms with E-state index in [0.29, 0.717) is 0 Å². The normalized spacial score (nSPS) is 12.8. The molecule has 2 nitrogen and oxygen atoms in total. The number of allylic oxidation sites excluding steroid dienone is 3. The number of aryl methyl sites for hydroxylation is 1. The summed E-state index contributed by atoms with van der Waals surface area (Å²) in [6.07, 6.45) is 11.4. The molecular formula is C14H18N2. The second kappa shape index (κ2) is 5.91. The minimum absolute atomic E-state index is 1.02. The Morgan fingerprint density at radius 2 is 2.12 bits per heavy atom. The average molecular weight is 214 g/mol. The van der Waals surface area contributed by atoms with Crippen molar-refractivity contribution in [3.63, 3.8) is 0 Å². The maximum atomic E-state index is 5.39. The topological polar surface area (TPSA) is 38.9 Å². The highest BCUT2D eigenvalue weighted by Crippen LogP contribution is 2.11. The fourth-order valence-corrected chi connectivity index (χ4v) is 1.31.